The maximum Gasteiger partial charge on any atom is 0.490 e. The van der Waals surface area contributed by atoms with E-state index in [0.717, 1.165) is 10.3 Å². The van der Waals surface area contributed by atoms with Crippen molar-refractivity contribution >= 4 is 39.4 Å². The fourth-order valence-electron chi connectivity index (χ4n) is 2.18. The number of methoxy groups -OCH3 is 1. The number of aromatic nitrogens is 1. The molecule has 9 nitrogen and oxygen atoms in total. The maximum absolute atomic E-state index is 11.0. The number of aliphatic carboxylic acids is 2. The van der Waals surface area contributed by atoms with E-state index < -0.39 is 30.1 Å². The van der Waals surface area contributed by atoms with Gasteiger partial charge in [-0.1, -0.05) is 36.4 Å². The summed E-state index contributed by atoms with van der Waals surface area (Å²) < 4.78 is 37.9. The average molecular weight is 487 g/mol. The molecular formula is C20H20F3N3O6S. The summed E-state index contributed by atoms with van der Waals surface area (Å²) in [6, 6.07) is 11.6. The number of alkyl halides is 3. The van der Waals surface area contributed by atoms with E-state index in [1.807, 2.05) is 25.1 Å². The molecule has 0 bridgehead atoms. The van der Waals surface area contributed by atoms with E-state index in [0.29, 0.717) is 21.8 Å². The van der Waals surface area contributed by atoms with Gasteiger partial charge in [0.1, 0.15) is 17.3 Å². The summed E-state index contributed by atoms with van der Waals surface area (Å²) in [5, 5.41) is 16.0. The van der Waals surface area contributed by atoms with Crippen LogP contribution >= 0.6 is 11.3 Å². The second kappa shape index (κ2) is 11.8. The molecule has 1 amide bonds. The molecule has 0 fully saturated rings. The van der Waals surface area contributed by atoms with Crippen LogP contribution in [-0.4, -0.2) is 46.3 Å². The fourth-order valence-corrected chi connectivity index (χ4v) is 3.09. The van der Waals surface area contributed by atoms with Gasteiger partial charge in [-0.2, -0.15) is 13.2 Å². The van der Waals surface area contributed by atoms with Gasteiger partial charge >= 0.3 is 18.1 Å². The third kappa shape index (κ3) is 8.05. The molecule has 0 aliphatic carbocycles. The molecule has 0 spiro atoms. The molecule has 6 N–H and O–H groups in total. The Morgan fingerprint density at radius 3 is 2.06 bits per heavy atom. The number of thiazole rings is 1. The van der Waals surface area contributed by atoms with Crippen LogP contribution in [-0.2, 0) is 9.59 Å². The molecule has 33 heavy (non-hydrogen) atoms. The zero-order chi connectivity index (χ0) is 25.3. The summed E-state index contributed by atoms with van der Waals surface area (Å²) in [7, 11) is 1.58. The van der Waals surface area contributed by atoms with E-state index >= 15 is 0 Å². The first kappa shape index (κ1) is 27.3. The monoisotopic (exact) mass is 487 g/mol. The maximum atomic E-state index is 11.0. The second-order valence-corrected chi connectivity index (χ2v) is 7.17. The Hall–Kier alpha value is -3.71. The zero-order valence-electron chi connectivity index (χ0n) is 17.3. The minimum absolute atomic E-state index is 0.317. The lowest BCUT2D eigenvalue weighted by Gasteiger charge is -2.04. The SMILES string of the molecule is COc1ccc(C)c2sc(C(N)=O)nc12.N[C@H](C(=O)O)c1ccccc1.O=C(O)C(F)(F)F. The van der Waals surface area contributed by atoms with Crippen LogP contribution in [0.3, 0.4) is 0 Å². The number of hydrogen-bond donors (Lipinski definition) is 4. The first-order chi connectivity index (χ1) is 15.3. The van der Waals surface area contributed by atoms with Crippen molar-refractivity contribution < 1.29 is 42.5 Å². The van der Waals surface area contributed by atoms with Gasteiger partial charge in [0.2, 0.25) is 0 Å². The molecule has 0 aliphatic heterocycles. The minimum Gasteiger partial charge on any atom is -0.494 e. The molecule has 0 saturated carbocycles. The number of benzene rings is 2. The van der Waals surface area contributed by atoms with Crippen LogP contribution in [0.4, 0.5) is 13.2 Å². The third-order valence-electron chi connectivity index (χ3n) is 3.80. The van der Waals surface area contributed by atoms with Gasteiger partial charge < -0.3 is 26.4 Å². The van der Waals surface area contributed by atoms with Gasteiger partial charge in [0.05, 0.1) is 11.8 Å². The number of nitrogens with zero attached hydrogens (tertiary/aromatic N) is 1. The molecule has 3 rings (SSSR count). The lowest BCUT2D eigenvalue weighted by Crippen LogP contribution is -2.21. The Bertz CT molecular complexity index is 1120. The predicted octanol–water partition coefficient (Wildman–Crippen LogP) is 3.12. The molecule has 1 aromatic heterocycles. The molecular weight excluding hydrogens is 467 g/mol. The number of carbonyl (C=O) groups excluding carboxylic acids is 1. The highest BCUT2D eigenvalue weighted by atomic mass is 32.1. The van der Waals surface area contributed by atoms with Crippen LogP contribution in [0.25, 0.3) is 10.2 Å². The van der Waals surface area contributed by atoms with Gasteiger partial charge in [0.15, 0.2) is 5.01 Å². The van der Waals surface area contributed by atoms with Gasteiger partial charge in [-0.15, -0.1) is 11.3 Å². The number of rotatable bonds is 4. The molecule has 0 radical (unpaired) electrons. The highest BCUT2D eigenvalue weighted by molar-refractivity contribution is 7.20. The number of halogens is 3. The fraction of sp³-hybridized carbons (Fsp3) is 0.200. The Morgan fingerprint density at radius 2 is 1.64 bits per heavy atom. The van der Waals surface area contributed by atoms with Crippen LogP contribution in [0.15, 0.2) is 42.5 Å². The average Bonchev–Trinajstić information content (AvgIpc) is 3.21. The van der Waals surface area contributed by atoms with Gasteiger partial charge in [-0.05, 0) is 24.1 Å². The lowest BCUT2D eigenvalue weighted by atomic mass is 10.1. The van der Waals surface area contributed by atoms with Gasteiger partial charge in [0.25, 0.3) is 5.91 Å². The molecule has 0 saturated heterocycles. The summed E-state index contributed by atoms with van der Waals surface area (Å²) >= 11 is 1.30. The van der Waals surface area contributed by atoms with Crippen LogP contribution in [0.2, 0.25) is 0 Å². The van der Waals surface area contributed by atoms with Crippen LogP contribution in [0.1, 0.15) is 27.0 Å². The number of amides is 1. The Morgan fingerprint density at radius 1 is 1.09 bits per heavy atom. The summed E-state index contributed by atoms with van der Waals surface area (Å²) in [6.45, 7) is 1.96. The lowest BCUT2D eigenvalue weighted by molar-refractivity contribution is -0.192. The number of nitrogens with two attached hydrogens (primary N) is 2. The van der Waals surface area contributed by atoms with E-state index in [9.17, 15) is 22.8 Å². The van der Waals surface area contributed by atoms with E-state index in [4.69, 9.17) is 31.2 Å². The first-order valence-electron chi connectivity index (χ1n) is 8.87. The number of fused-ring (bicyclic) bond motifs is 1. The predicted molar refractivity (Wildman–Crippen MR) is 114 cm³/mol. The Balaban J connectivity index is 0.000000267. The van der Waals surface area contributed by atoms with Gasteiger partial charge in [-0.3, -0.25) is 9.59 Å². The van der Waals surface area contributed by atoms with E-state index in [1.165, 1.54) is 11.3 Å². The highest BCUT2D eigenvalue weighted by Crippen LogP contribution is 2.32. The normalized spacial score (nSPS) is 11.3. The number of ether oxygens (including phenoxy) is 1. The molecule has 178 valence electrons. The van der Waals surface area contributed by atoms with E-state index in [1.54, 1.807) is 31.4 Å². The first-order valence-corrected chi connectivity index (χ1v) is 9.68. The van der Waals surface area contributed by atoms with Crippen molar-refractivity contribution in [2.45, 2.75) is 19.1 Å². The number of hydrogen-bond acceptors (Lipinski definition) is 7. The number of carboxylic acids is 2. The van der Waals surface area contributed by atoms with Crippen molar-refractivity contribution in [1.82, 2.24) is 4.98 Å². The zero-order valence-corrected chi connectivity index (χ0v) is 18.1. The van der Waals surface area contributed by atoms with Crippen molar-refractivity contribution in [3.63, 3.8) is 0 Å². The topological polar surface area (TPSA) is 166 Å². The van der Waals surface area contributed by atoms with E-state index in [-0.39, 0.29) is 0 Å². The molecule has 0 unspecified atom stereocenters. The molecule has 0 aliphatic rings. The molecule has 1 atom stereocenters. The summed E-state index contributed by atoms with van der Waals surface area (Å²) in [5.74, 6) is -3.60. The smallest absolute Gasteiger partial charge is 0.490 e. The number of carboxylic acid groups (broad SMARTS) is 2. The molecule has 3 aromatic rings. The van der Waals surface area contributed by atoms with Gasteiger partial charge in [0, 0.05) is 0 Å². The quantitative estimate of drug-likeness (QED) is 0.436. The Kier molecular flexibility index (Phi) is 9.75. The largest absolute Gasteiger partial charge is 0.494 e. The van der Waals surface area contributed by atoms with Crippen LogP contribution in [0, 0.1) is 6.92 Å². The Labute approximate surface area is 189 Å². The van der Waals surface area contributed by atoms with Crippen molar-refractivity contribution in [3.8, 4) is 5.75 Å². The third-order valence-corrected chi connectivity index (χ3v) is 5.01. The highest BCUT2D eigenvalue weighted by Gasteiger charge is 2.38. The van der Waals surface area contributed by atoms with Crippen LogP contribution in [0.5, 0.6) is 5.75 Å². The summed E-state index contributed by atoms with van der Waals surface area (Å²) in [4.78, 5) is 34.4. The molecule has 1 heterocycles. The minimum atomic E-state index is -5.08. The van der Waals surface area contributed by atoms with Crippen molar-refractivity contribution in [1.29, 1.82) is 0 Å². The van der Waals surface area contributed by atoms with E-state index in [2.05, 4.69) is 4.98 Å². The van der Waals surface area contributed by atoms with Gasteiger partial charge in [-0.25, -0.2) is 9.78 Å². The number of carbonyl (C=O) groups is 3. The molecule has 2 aromatic carbocycles. The summed E-state index contributed by atoms with van der Waals surface area (Å²) in [6.07, 6.45) is -5.08. The number of primary amides is 1. The summed E-state index contributed by atoms with van der Waals surface area (Å²) in [5.41, 5.74) is 12.9. The number of aryl methyl sites for hydroxylation is 1. The van der Waals surface area contributed by atoms with Crippen molar-refractivity contribution in [2.75, 3.05) is 7.11 Å². The molecule has 13 heteroatoms. The standard InChI is InChI=1S/C10H10N2O2S.C8H9NO2.C2HF3O2/c1-5-3-4-6(14-2)7-8(5)15-10(12-7)9(11)13;9-7(8(10)11)6-4-2-1-3-5-6;3-2(4,5)1(6)7/h3-4H,1-2H3,(H2,11,13);1-5,7H,9H2,(H,10,11);(H,6,7)/t;7-;/m.0./s1. The van der Waals surface area contributed by atoms with Crippen molar-refractivity contribution in [2.24, 2.45) is 11.5 Å². The van der Waals surface area contributed by atoms with Crippen molar-refractivity contribution in [3.05, 3.63) is 58.6 Å². The van der Waals surface area contributed by atoms with Crippen LogP contribution < -0.4 is 16.2 Å². The second-order valence-electron chi connectivity index (χ2n) is 6.18.